The summed E-state index contributed by atoms with van der Waals surface area (Å²) in [5.41, 5.74) is 5.01. The summed E-state index contributed by atoms with van der Waals surface area (Å²) in [5, 5.41) is 11.1. The Morgan fingerprint density at radius 3 is 1.86 bits per heavy atom. The van der Waals surface area contributed by atoms with E-state index in [1.54, 1.807) is 0 Å². The van der Waals surface area contributed by atoms with Crippen molar-refractivity contribution < 1.29 is 24.3 Å². The van der Waals surface area contributed by atoms with Gasteiger partial charge in [0.15, 0.2) is 6.04 Å². The van der Waals surface area contributed by atoms with E-state index < -0.39 is 29.9 Å². The fraction of sp³-hybridized carbons (Fsp3) is 0.333. The number of carboxylic acid groups (broad SMARTS) is 1. The van der Waals surface area contributed by atoms with Crippen molar-refractivity contribution in [1.29, 1.82) is 0 Å². The standard InChI is InChI=1S/C4H5N3O3.C2H4O2/c5-1-2(8)6-4(10)7-3(1)9;1-2(3)4/h1H,5H2,(H2,6,7,8,9,10);1H3,(H,3,4). The number of carbonyl (C=O) groups is 4. The van der Waals surface area contributed by atoms with Gasteiger partial charge in [-0.15, -0.1) is 0 Å². The molecule has 0 aromatic carbocycles. The van der Waals surface area contributed by atoms with E-state index in [2.05, 4.69) is 0 Å². The van der Waals surface area contributed by atoms with E-state index >= 15 is 0 Å². The molecule has 1 fully saturated rings. The summed E-state index contributed by atoms with van der Waals surface area (Å²) in [6, 6.07) is -2.09. The first kappa shape index (κ1) is 12.0. The van der Waals surface area contributed by atoms with Gasteiger partial charge in [-0.1, -0.05) is 0 Å². The minimum atomic E-state index is -1.27. The Morgan fingerprint density at radius 2 is 1.57 bits per heavy atom. The summed E-state index contributed by atoms with van der Waals surface area (Å²) in [4.78, 5) is 40.3. The van der Waals surface area contributed by atoms with Gasteiger partial charge in [0.05, 0.1) is 0 Å². The predicted molar refractivity (Wildman–Crippen MR) is 43.0 cm³/mol. The number of imide groups is 2. The van der Waals surface area contributed by atoms with E-state index in [-0.39, 0.29) is 0 Å². The Hall–Kier alpha value is -1.96. The van der Waals surface area contributed by atoms with E-state index in [0.29, 0.717) is 0 Å². The van der Waals surface area contributed by atoms with Gasteiger partial charge in [-0.25, -0.2) is 4.79 Å². The lowest BCUT2D eigenvalue weighted by molar-refractivity contribution is -0.135. The predicted octanol–water partition coefficient (Wildman–Crippen LogP) is -2.23. The normalized spacial score (nSPS) is 16.3. The van der Waals surface area contributed by atoms with Crippen LogP contribution in [0, 0.1) is 0 Å². The molecule has 0 radical (unpaired) electrons. The van der Waals surface area contributed by atoms with Gasteiger partial charge in [0, 0.05) is 6.92 Å². The zero-order valence-corrected chi connectivity index (χ0v) is 7.23. The van der Waals surface area contributed by atoms with E-state index in [1.165, 1.54) is 0 Å². The van der Waals surface area contributed by atoms with Gasteiger partial charge in [0.1, 0.15) is 0 Å². The van der Waals surface area contributed by atoms with Crippen LogP contribution in [0.25, 0.3) is 0 Å². The second-order valence-electron chi connectivity index (χ2n) is 2.30. The number of amides is 4. The third-order valence-corrected chi connectivity index (χ3v) is 1.04. The number of barbiturate groups is 1. The van der Waals surface area contributed by atoms with Crippen molar-refractivity contribution in [3.8, 4) is 0 Å². The van der Waals surface area contributed by atoms with Crippen LogP contribution in [0.4, 0.5) is 4.79 Å². The maximum atomic E-state index is 10.5. The molecule has 0 atom stereocenters. The highest BCUT2D eigenvalue weighted by Gasteiger charge is 2.30. The molecule has 1 aliphatic rings. The van der Waals surface area contributed by atoms with Gasteiger partial charge in [0.2, 0.25) is 0 Å². The second kappa shape index (κ2) is 4.92. The molecule has 8 heteroatoms. The van der Waals surface area contributed by atoms with Crippen molar-refractivity contribution in [1.82, 2.24) is 10.6 Å². The van der Waals surface area contributed by atoms with Crippen molar-refractivity contribution in [3.05, 3.63) is 0 Å². The third kappa shape index (κ3) is 4.16. The molecule has 0 saturated carbocycles. The molecule has 0 aliphatic carbocycles. The summed E-state index contributed by atoms with van der Waals surface area (Å²) in [7, 11) is 0. The van der Waals surface area contributed by atoms with Crippen LogP contribution in [-0.4, -0.2) is 35.0 Å². The van der Waals surface area contributed by atoms with Crippen molar-refractivity contribution >= 4 is 23.8 Å². The highest BCUT2D eigenvalue weighted by molar-refractivity contribution is 6.18. The topological polar surface area (TPSA) is 139 Å². The molecule has 0 aromatic heterocycles. The number of rotatable bonds is 0. The number of hydrogen-bond donors (Lipinski definition) is 4. The van der Waals surface area contributed by atoms with Crippen molar-refractivity contribution in [2.24, 2.45) is 5.73 Å². The Morgan fingerprint density at radius 1 is 1.29 bits per heavy atom. The van der Waals surface area contributed by atoms with E-state index in [4.69, 9.17) is 15.6 Å². The van der Waals surface area contributed by atoms with Crippen LogP contribution in [0.5, 0.6) is 0 Å². The number of carboxylic acids is 1. The van der Waals surface area contributed by atoms with Gasteiger partial charge in [-0.2, -0.15) is 0 Å². The Bertz CT molecular complexity index is 263. The largest absolute Gasteiger partial charge is 0.481 e. The fourth-order valence-electron chi connectivity index (χ4n) is 0.530. The number of carbonyl (C=O) groups excluding carboxylic acids is 3. The Labute approximate surface area is 78.4 Å². The second-order valence-corrected chi connectivity index (χ2v) is 2.30. The highest BCUT2D eigenvalue weighted by Crippen LogP contribution is 1.85. The zero-order chi connectivity index (χ0) is 11.3. The molecule has 0 spiro atoms. The SMILES string of the molecule is CC(=O)O.NC1C(=O)NC(=O)NC1=O. The molecule has 5 N–H and O–H groups in total. The van der Waals surface area contributed by atoms with Crippen LogP contribution in [-0.2, 0) is 14.4 Å². The van der Waals surface area contributed by atoms with Crippen LogP contribution in [0.2, 0.25) is 0 Å². The quantitative estimate of drug-likeness (QED) is 0.328. The first-order valence-corrected chi connectivity index (χ1v) is 3.45. The first-order chi connectivity index (χ1) is 6.34. The average molecular weight is 203 g/mol. The Balaban J connectivity index is 0.000000364. The average Bonchev–Trinajstić information content (AvgIpc) is 1.98. The first-order valence-electron chi connectivity index (χ1n) is 3.45. The molecule has 0 unspecified atom stereocenters. The maximum Gasteiger partial charge on any atom is 0.328 e. The lowest BCUT2D eigenvalue weighted by Gasteiger charge is -2.15. The van der Waals surface area contributed by atoms with Crippen molar-refractivity contribution in [3.63, 3.8) is 0 Å². The lowest BCUT2D eigenvalue weighted by Crippen LogP contribution is -2.61. The van der Waals surface area contributed by atoms with E-state index in [1.807, 2.05) is 10.6 Å². The fourth-order valence-corrected chi connectivity index (χ4v) is 0.530. The van der Waals surface area contributed by atoms with Crippen molar-refractivity contribution in [2.45, 2.75) is 13.0 Å². The van der Waals surface area contributed by atoms with E-state index in [9.17, 15) is 14.4 Å². The third-order valence-electron chi connectivity index (χ3n) is 1.04. The van der Waals surface area contributed by atoms with Gasteiger partial charge >= 0.3 is 6.03 Å². The number of nitrogens with two attached hydrogens (primary N) is 1. The van der Waals surface area contributed by atoms with Gasteiger partial charge < -0.3 is 10.8 Å². The Kier molecular flexibility index (Phi) is 4.23. The molecule has 1 saturated heterocycles. The molecule has 0 aromatic rings. The molecule has 8 nitrogen and oxygen atoms in total. The molecular weight excluding hydrogens is 194 g/mol. The molecule has 1 heterocycles. The summed E-state index contributed by atoms with van der Waals surface area (Å²) >= 11 is 0. The summed E-state index contributed by atoms with van der Waals surface area (Å²) in [6.07, 6.45) is 0. The number of aliphatic carboxylic acids is 1. The summed E-state index contributed by atoms with van der Waals surface area (Å²) < 4.78 is 0. The number of urea groups is 1. The smallest absolute Gasteiger partial charge is 0.328 e. The van der Waals surface area contributed by atoms with E-state index in [0.717, 1.165) is 6.92 Å². The van der Waals surface area contributed by atoms with Crippen LogP contribution in [0.1, 0.15) is 6.92 Å². The van der Waals surface area contributed by atoms with Gasteiger partial charge in [-0.05, 0) is 0 Å². The minimum absolute atomic E-state index is 0.770. The highest BCUT2D eigenvalue weighted by atomic mass is 16.4. The number of hydrogen-bond acceptors (Lipinski definition) is 5. The van der Waals surface area contributed by atoms with Gasteiger partial charge in [0.25, 0.3) is 17.8 Å². The van der Waals surface area contributed by atoms with Crippen LogP contribution in [0.15, 0.2) is 0 Å². The molecule has 4 amide bonds. The molecular formula is C6H9N3O5. The maximum absolute atomic E-state index is 10.5. The molecule has 1 rings (SSSR count). The van der Waals surface area contributed by atoms with Gasteiger partial charge in [-0.3, -0.25) is 25.0 Å². The van der Waals surface area contributed by atoms with Crippen LogP contribution >= 0.6 is 0 Å². The molecule has 14 heavy (non-hydrogen) atoms. The number of nitrogens with one attached hydrogen (secondary N) is 2. The summed E-state index contributed by atoms with van der Waals surface area (Å²) in [5.74, 6) is -2.37. The molecule has 0 bridgehead atoms. The van der Waals surface area contributed by atoms with Crippen LogP contribution in [0.3, 0.4) is 0 Å². The summed E-state index contributed by atoms with van der Waals surface area (Å²) in [6.45, 7) is 1.08. The van der Waals surface area contributed by atoms with Crippen LogP contribution < -0.4 is 16.4 Å². The monoisotopic (exact) mass is 203 g/mol. The molecule has 1 aliphatic heterocycles. The zero-order valence-electron chi connectivity index (χ0n) is 7.23. The molecule has 78 valence electrons. The lowest BCUT2D eigenvalue weighted by atomic mass is 10.2. The minimum Gasteiger partial charge on any atom is -0.481 e. The van der Waals surface area contributed by atoms with Crippen molar-refractivity contribution in [2.75, 3.05) is 0 Å².